The number of ether oxygens (including phenoxy) is 1. The van der Waals surface area contributed by atoms with Gasteiger partial charge in [0.25, 0.3) is 0 Å². The number of amides is 1. The molecule has 0 saturated carbocycles. The van der Waals surface area contributed by atoms with Gasteiger partial charge in [0, 0.05) is 26.1 Å². The van der Waals surface area contributed by atoms with E-state index in [1.807, 2.05) is 0 Å². The zero-order valence-corrected chi connectivity index (χ0v) is 14.8. The molecule has 0 aliphatic carbocycles. The van der Waals surface area contributed by atoms with Gasteiger partial charge in [0.2, 0.25) is 15.9 Å². The van der Waals surface area contributed by atoms with E-state index in [2.05, 4.69) is 19.2 Å². The van der Waals surface area contributed by atoms with Crippen LogP contribution in [0.3, 0.4) is 0 Å². The van der Waals surface area contributed by atoms with Crippen LogP contribution in [0.25, 0.3) is 0 Å². The molecule has 1 amide bonds. The number of piperidine rings is 1. The first-order valence-electron chi connectivity index (χ1n) is 7.69. The molecule has 2 atom stereocenters. The minimum absolute atomic E-state index is 0.185. The highest BCUT2D eigenvalue weighted by Crippen LogP contribution is 2.31. The molecule has 1 aromatic rings. The van der Waals surface area contributed by atoms with E-state index in [0.29, 0.717) is 36.4 Å². The Balaban J connectivity index is 2.34. The first-order chi connectivity index (χ1) is 10.7. The fourth-order valence-electron chi connectivity index (χ4n) is 3.08. The molecule has 1 saturated heterocycles. The lowest BCUT2D eigenvalue weighted by Gasteiger charge is -2.34. The average molecular weight is 340 g/mol. The zero-order chi connectivity index (χ0) is 17.2. The first-order valence-corrected chi connectivity index (χ1v) is 9.13. The lowest BCUT2D eigenvalue weighted by molar-refractivity contribution is -0.114. The molecule has 128 valence electrons. The second-order valence-corrected chi connectivity index (χ2v) is 8.25. The van der Waals surface area contributed by atoms with Gasteiger partial charge in [-0.25, -0.2) is 8.42 Å². The summed E-state index contributed by atoms with van der Waals surface area (Å²) < 4.78 is 32.5. The van der Waals surface area contributed by atoms with Crippen molar-refractivity contribution in [2.24, 2.45) is 11.8 Å². The van der Waals surface area contributed by atoms with E-state index < -0.39 is 10.0 Å². The Morgan fingerprint density at radius 3 is 2.39 bits per heavy atom. The zero-order valence-electron chi connectivity index (χ0n) is 14.0. The maximum absolute atomic E-state index is 12.9. The number of carbonyl (C=O) groups excluding carboxylic acids is 1. The Morgan fingerprint density at radius 1 is 1.26 bits per heavy atom. The van der Waals surface area contributed by atoms with E-state index in [1.165, 1.54) is 26.2 Å². The molecule has 1 aliphatic heterocycles. The van der Waals surface area contributed by atoms with Crippen molar-refractivity contribution in [1.29, 1.82) is 0 Å². The lowest BCUT2D eigenvalue weighted by Crippen LogP contribution is -2.42. The third-order valence-electron chi connectivity index (χ3n) is 3.96. The molecule has 0 unspecified atom stereocenters. The highest BCUT2D eigenvalue weighted by Gasteiger charge is 2.32. The lowest BCUT2D eigenvalue weighted by atomic mass is 9.94. The number of sulfonamides is 1. The van der Waals surface area contributed by atoms with Gasteiger partial charge in [0.15, 0.2) is 0 Å². The standard InChI is InChI=1S/C16H24N2O4S/c1-11-7-12(2)10-18(9-11)23(20,21)14-5-6-15(17-13(3)19)16(8-14)22-4/h5-6,8,11-12H,7,9-10H2,1-4H3,(H,17,19)/t11-,12-/m0/s1. The maximum atomic E-state index is 12.9. The Morgan fingerprint density at radius 2 is 1.87 bits per heavy atom. The van der Waals surface area contributed by atoms with Crippen LogP contribution in [-0.2, 0) is 14.8 Å². The smallest absolute Gasteiger partial charge is 0.243 e. The number of anilines is 1. The van der Waals surface area contributed by atoms with Crippen molar-refractivity contribution >= 4 is 21.6 Å². The van der Waals surface area contributed by atoms with E-state index in [4.69, 9.17) is 4.74 Å². The van der Waals surface area contributed by atoms with Gasteiger partial charge in [-0.1, -0.05) is 13.8 Å². The maximum Gasteiger partial charge on any atom is 0.243 e. The molecule has 1 fully saturated rings. The molecule has 7 heteroatoms. The Bertz CT molecular complexity index is 677. The van der Waals surface area contributed by atoms with Crippen LogP contribution in [0.4, 0.5) is 5.69 Å². The summed E-state index contributed by atoms with van der Waals surface area (Å²) in [7, 11) is -2.12. The summed E-state index contributed by atoms with van der Waals surface area (Å²) in [5.74, 6) is 0.778. The normalized spacial score (nSPS) is 22.6. The largest absolute Gasteiger partial charge is 0.495 e. The molecule has 0 aromatic heterocycles. The van der Waals surface area contributed by atoms with Gasteiger partial charge in [-0.3, -0.25) is 4.79 Å². The molecule has 6 nitrogen and oxygen atoms in total. The summed E-state index contributed by atoms with van der Waals surface area (Å²) in [4.78, 5) is 11.4. The molecule has 2 rings (SSSR count). The van der Waals surface area contributed by atoms with Gasteiger partial charge < -0.3 is 10.1 Å². The van der Waals surface area contributed by atoms with Crippen molar-refractivity contribution in [2.45, 2.75) is 32.1 Å². The minimum atomic E-state index is -3.57. The predicted molar refractivity (Wildman–Crippen MR) is 89.0 cm³/mol. The van der Waals surface area contributed by atoms with E-state index in [1.54, 1.807) is 10.4 Å². The fourth-order valence-corrected chi connectivity index (χ4v) is 4.77. The van der Waals surface area contributed by atoms with Crippen LogP contribution in [0.15, 0.2) is 23.1 Å². The number of hydrogen-bond acceptors (Lipinski definition) is 4. The summed E-state index contributed by atoms with van der Waals surface area (Å²) in [6.07, 6.45) is 1.04. The van der Waals surface area contributed by atoms with Crippen molar-refractivity contribution in [3.63, 3.8) is 0 Å². The van der Waals surface area contributed by atoms with Crippen LogP contribution in [0, 0.1) is 11.8 Å². The third kappa shape index (κ3) is 4.03. The summed E-state index contributed by atoms with van der Waals surface area (Å²) in [5, 5.41) is 2.62. The molecule has 0 spiro atoms. The summed E-state index contributed by atoms with van der Waals surface area (Å²) in [5.41, 5.74) is 0.458. The van der Waals surface area contributed by atoms with Crippen molar-refractivity contribution in [3.05, 3.63) is 18.2 Å². The topological polar surface area (TPSA) is 75.7 Å². The fraction of sp³-hybridized carbons (Fsp3) is 0.562. The van der Waals surface area contributed by atoms with Crippen molar-refractivity contribution in [3.8, 4) is 5.75 Å². The number of methoxy groups -OCH3 is 1. The second-order valence-electron chi connectivity index (χ2n) is 6.31. The molecule has 1 aliphatic rings. The van der Waals surface area contributed by atoms with Crippen LogP contribution in [0.2, 0.25) is 0 Å². The summed E-state index contributed by atoms with van der Waals surface area (Å²) in [6.45, 7) is 6.59. The molecule has 1 N–H and O–H groups in total. The average Bonchev–Trinajstić information content (AvgIpc) is 2.45. The van der Waals surface area contributed by atoms with E-state index in [-0.39, 0.29) is 10.8 Å². The number of benzene rings is 1. The second kappa shape index (κ2) is 6.88. The van der Waals surface area contributed by atoms with Crippen LogP contribution in [0.1, 0.15) is 27.2 Å². The van der Waals surface area contributed by atoms with Crippen molar-refractivity contribution < 1.29 is 17.9 Å². The van der Waals surface area contributed by atoms with Gasteiger partial charge in [-0.05, 0) is 30.4 Å². The molecular formula is C16H24N2O4S. The first kappa shape index (κ1) is 17.7. The van der Waals surface area contributed by atoms with Crippen molar-refractivity contribution in [1.82, 2.24) is 4.31 Å². The summed E-state index contributed by atoms with van der Waals surface area (Å²) in [6, 6.07) is 4.53. The summed E-state index contributed by atoms with van der Waals surface area (Å²) >= 11 is 0. The molecule has 1 aromatic carbocycles. The Labute approximate surface area is 137 Å². The quantitative estimate of drug-likeness (QED) is 0.913. The van der Waals surface area contributed by atoms with Gasteiger partial charge in [0.05, 0.1) is 17.7 Å². The van der Waals surface area contributed by atoms with Gasteiger partial charge in [-0.2, -0.15) is 4.31 Å². The third-order valence-corrected chi connectivity index (χ3v) is 5.78. The number of carbonyl (C=O) groups is 1. The van der Waals surface area contributed by atoms with Gasteiger partial charge >= 0.3 is 0 Å². The van der Waals surface area contributed by atoms with Crippen molar-refractivity contribution in [2.75, 3.05) is 25.5 Å². The van der Waals surface area contributed by atoms with Gasteiger partial charge in [-0.15, -0.1) is 0 Å². The number of nitrogens with zero attached hydrogens (tertiary/aromatic N) is 1. The van der Waals surface area contributed by atoms with Crippen LogP contribution in [0.5, 0.6) is 5.75 Å². The number of rotatable bonds is 4. The molecular weight excluding hydrogens is 316 g/mol. The Hall–Kier alpha value is -1.60. The van der Waals surface area contributed by atoms with E-state index >= 15 is 0 Å². The van der Waals surface area contributed by atoms with Crippen LogP contribution >= 0.6 is 0 Å². The monoisotopic (exact) mass is 340 g/mol. The molecule has 23 heavy (non-hydrogen) atoms. The molecule has 0 bridgehead atoms. The highest BCUT2D eigenvalue weighted by molar-refractivity contribution is 7.89. The van der Waals surface area contributed by atoms with Gasteiger partial charge in [0.1, 0.15) is 5.75 Å². The number of nitrogens with one attached hydrogen (secondary N) is 1. The van der Waals surface area contributed by atoms with Crippen LogP contribution < -0.4 is 10.1 Å². The van der Waals surface area contributed by atoms with E-state index in [0.717, 1.165) is 6.42 Å². The Kier molecular flexibility index (Phi) is 5.31. The van der Waals surface area contributed by atoms with E-state index in [9.17, 15) is 13.2 Å². The minimum Gasteiger partial charge on any atom is -0.495 e. The highest BCUT2D eigenvalue weighted by atomic mass is 32.2. The molecule has 0 radical (unpaired) electrons. The molecule has 1 heterocycles. The number of hydrogen-bond donors (Lipinski definition) is 1. The predicted octanol–water partition coefficient (Wildman–Crippen LogP) is 2.32. The SMILES string of the molecule is COc1cc(S(=O)(=O)N2C[C@@H](C)C[C@H](C)C2)ccc1NC(C)=O. The van der Waals surface area contributed by atoms with Crippen LogP contribution in [-0.4, -0.2) is 38.8 Å².